The van der Waals surface area contributed by atoms with Gasteiger partial charge >= 0.3 is 5.97 Å². The fourth-order valence-corrected chi connectivity index (χ4v) is 6.09. The van der Waals surface area contributed by atoms with Crippen molar-refractivity contribution in [1.29, 1.82) is 0 Å². The predicted octanol–water partition coefficient (Wildman–Crippen LogP) is 4.84. The lowest BCUT2D eigenvalue weighted by molar-refractivity contribution is -0.150. The number of hydrogen-bond acceptors (Lipinski definition) is 7. The van der Waals surface area contributed by atoms with Crippen LogP contribution in [0.15, 0.2) is 48.5 Å². The molecule has 234 valence electrons. The van der Waals surface area contributed by atoms with E-state index in [0.717, 1.165) is 36.8 Å². The van der Waals surface area contributed by atoms with Crippen LogP contribution in [-0.4, -0.2) is 84.6 Å². The Kier molecular flexibility index (Phi) is 11.8. The molecule has 0 radical (unpaired) electrons. The Morgan fingerprint density at radius 2 is 1.63 bits per heavy atom. The molecule has 3 unspecified atom stereocenters. The summed E-state index contributed by atoms with van der Waals surface area (Å²) in [5, 5.41) is 0. The predicted molar refractivity (Wildman–Crippen MR) is 165 cm³/mol. The van der Waals surface area contributed by atoms with Crippen molar-refractivity contribution in [3.8, 4) is 11.5 Å². The van der Waals surface area contributed by atoms with Crippen LogP contribution in [0.4, 0.5) is 0 Å². The van der Waals surface area contributed by atoms with Crippen molar-refractivity contribution in [3.05, 3.63) is 59.7 Å². The maximum atomic E-state index is 13.8. The number of unbranched alkanes of at least 4 members (excludes halogenated alkanes) is 2. The van der Waals surface area contributed by atoms with Gasteiger partial charge in [0.15, 0.2) is 11.5 Å². The molecule has 2 amide bonds. The molecule has 0 bridgehead atoms. The van der Waals surface area contributed by atoms with Crippen molar-refractivity contribution in [2.75, 3.05) is 46.1 Å². The number of rotatable bonds is 15. The molecule has 2 aliphatic rings. The van der Waals surface area contributed by atoms with Gasteiger partial charge in [0.25, 0.3) is 0 Å². The highest BCUT2D eigenvalue weighted by atomic mass is 16.7. The van der Waals surface area contributed by atoms with Crippen molar-refractivity contribution in [2.45, 2.75) is 71.9 Å². The summed E-state index contributed by atoms with van der Waals surface area (Å²) in [5.74, 6) is 0.136. The number of esters is 1. The summed E-state index contributed by atoms with van der Waals surface area (Å²) < 4.78 is 16.8. The first-order valence-corrected chi connectivity index (χ1v) is 15.7. The molecule has 9 nitrogen and oxygen atoms in total. The van der Waals surface area contributed by atoms with E-state index in [0.29, 0.717) is 44.2 Å². The van der Waals surface area contributed by atoms with Gasteiger partial charge in [-0.1, -0.05) is 63.1 Å². The molecule has 2 aliphatic heterocycles. The molecule has 9 heteroatoms. The van der Waals surface area contributed by atoms with Gasteiger partial charge in [-0.05, 0) is 43.0 Å². The molecule has 1 saturated heterocycles. The molecule has 0 N–H and O–H groups in total. The van der Waals surface area contributed by atoms with Gasteiger partial charge in [-0.15, -0.1) is 0 Å². The van der Waals surface area contributed by atoms with Crippen molar-refractivity contribution in [1.82, 2.24) is 14.7 Å². The van der Waals surface area contributed by atoms with Crippen LogP contribution in [0.25, 0.3) is 0 Å². The molecule has 0 aromatic heterocycles. The van der Waals surface area contributed by atoms with E-state index in [1.165, 1.54) is 0 Å². The van der Waals surface area contributed by atoms with Crippen LogP contribution in [0, 0.1) is 5.92 Å². The summed E-state index contributed by atoms with van der Waals surface area (Å²) in [6.45, 7) is 10.8. The zero-order chi connectivity index (χ0) is 30.8. The molecule has 2 heterocycles. The second-order valence-corrected chi connectivity index (χ2v) is 11.5. The molecular weight excluding hydrogens is 546 g/mol. The average molecular weight is 594 g/mol. The van der Waals surface area contributed by atoms with E-state index in [2.05, 4.69) is 18.7 Å². The largest absolute Gasteiger partial charge is 0.466 e. The zero-order valence-electron chi connectivity index (χ0n) is 26.1. The lowest BCUT2D eigenvalue weighted by Gasteiger charge is -2.34. The first kappa shape index (κ1) is 32.3. The van der Waals surface area contributed by atoms with E-state index >= 15 is 0 Å². The number of ether oxygens (including phenoxy) is 3. The number of fused-ring (bicyclic) bond motifs is 1. The molecule has 0 spiro atoms. The minimum absolute atomic E-state index is 0.0540. The lowest BCUT2D eigenvalue weighted by atomic mass is 9.84. The zero-order valence-corrected chi connectivity index (χ0v) is 26.1. The molecule has 2 aromatic rings. The topological polar surface area (TPSA) is 88.6 Å². The van der Waals surface area contributed by atoms with Gasteiger partial charge in [-0.2, -0.15) is 0 Å². The van der Waals surface area contributed by atoms with Gasteiger partial charge in [0.1, 0.15) is 0 Å². The highest BCUT2D eigenvalue weighted by molar-refractivity contribution is 5.80. The van der Waals surface area contributed by atoms with E-state index in [9.17, 15) is 14.4 Å². The van der Waals surface area contributed by atoms with Gasteiger partial charge in [0.2, 0.25) is 18.6 Å². The second-order valence-electron chi connectivity index (χ2n) is 11.5. The fraction of sp³-hybridized carbons (Fsp3) is 0.559. The quantitative estimate of drug-likeness (QED) is 0.273. The third kappa shape index (κ3) is 8.28. The molecule has 4 rings (SSSR count). The normalized spacial score (nSPS) is 19.3. The average Bonchev–Trinajstić information content (AvgIpc) is 3.61. The SMILES string of the molecule is CCCCN(CCCC)C(=O)CN1CC(c2ccc3c(c2)OCO3)C(C(=O)OCC)C1CN(Cc1ccccc1)C(C)=O. The first-order chi connectivity index (χ1) is 20.9. The number of hydrogen-bond donors (Lipinski definition) is 0. The highest BCUT2D eigenvalue weighted by Crippen LogP contribution is 2.42. The van der Waals surface area contributed by atoms with Crippen LogP contribution < -0.4 is 9.47 Å². The number of benzene rings is 2. The first-order valence-electron chi connectivity index (χ1n) is 15.7. The molecule has 2 aromatic carbocycles. The summed E-state index contributed by atoms with van der Waals surface area (Å²) in [7, 11) is 0. The fourth-order valence-electron chi connectivity index (χ4n) is 6.09. The second kappa shape index (κ2) is 15.8. The Bertz CT molecular complexity index is 1210. The van der Waals surface area contributed by atoms with Crippen LogP contribution in [0.3, 0.4) is 0 Å². The third-order valence-corrected chi connectivity index (χ3v) is 8.46. The Balaban J connectivity index is 1.69. The maximum absolute atomic E-state index is 13.8. The van der Waals surface area contributed by atoms with Crippen molar-refractivity contribution in [3.63, 3.8) is 0 Å². The van der Waals surface area contributed by atoms with Crippen molar-refractivity contribution >= 4 is 17.8 Å². The summed E-state index contributed by atoms with van der Waals surface area (Å²) in [6, 6.07) is 15.2. The number of amides is 2. The van der Waals surface area contributed by atoms with E-state index in [1.807, 2.05) is 53.4 Å². The molecule has 43 heavy (non-hydrogen) atoms. The number of carbonyl (C=O) groups is 3. The van der Waals surface area contributed by atoms with Crippen LogP contribution in [-0.2, 0) is 25.7 Å². The van der Waals surface area contributed by atoms with E-state index in [-0.39, 0.29) is 43.6 Å². The Labute approximate surface area is 256 Å². The highest BCUT2D eigenvalue weighted by Gasteiger charge is 2.49. The van der Waals surface area contributed by atoms with E-state index in [1.54, 1.807) is 18.7 Å². The van der Waals surface area contributed by atoms with Crippen molar-refractivity contribution in [2.24, 2.45) is 5.92 Å². The summed E-state index contributed by atoms with van der Waals surface area (Å²) in [6.07, 6.45) is 3.90. The van der Waals surface area contributed by atoms with Crippen LogP contribution in [0.1, 0.15) is 70.4 Å². The van der Waals surface area contributed by atoms with Gasteiger partial charge < -0.3 is 24.0 Å². The Morgan fingerprint density at radius 3 is 2.28 bits per heavy atom. The molecular formula is C34H47N3O6. The Hall–Kier alpha value is -3.59. The van der Waals surface area contributed by atoms with E-state index in [4.69, 9.17) is 14.2 Å². The smallest absolute Gasteiger partial charge is 0.311 e. The summed E-state index contributed by atoms with van der Waals surface area (Å²) >= 11 is 0. The van der Waals surface area contributed by atoms with Crippen molar-refractivity contribution < 1.29 is 28.6 Å². The monoisotopic (exact) mass is 593 g/mol. The standard InChI is InChI=1S/C34H47N3O6/c1-5-8-17-35(18-9-6-2)32(39)23-37-21-28(27-15-16-30-31(19-27)43-24-42-30)33(34(40)41-7-3)29(37)22-36(25(4)38)20-26-13-11-10-12-14-26/h10-16,19,28-29,33H,5-9,17-18,20-24H2,1-4H3. The Morgan fingerprint density at radius 1 is 0.930 bits per heavy atom. The number of likely N-dealkylation sites (tertiary alicyclic amines) is 1. The molecule has 0 aliphatic carbocycles. The lowest BCUT2D eigenvalue weighted by Crippen LogP contribution is -2.50. The molecule has 0 saturated carbocycles. The summed E-state index contributed by atoms with van der Waals surface area (Å²) in [5.41, 5.74) is 1.93. The third-order valence-electron chi connectivity index (χ3n) is 8.46. The molecule has 1 fully saturated rings. The maximum Gasteiger partial charge on any atom is 0.311 e. The molecule has 3 atom stereocenters. The van der Waals surface area contributed by atoms with Gasteiger partial charge in [-0.25, -0.2) is 0 Å². The van der Waals surface area contributed by atoms with Crippen LogP contribution in [0.2, 0.25) is 0 Å². The number of nitrogens with zero attached hydrogens (tertiary/aromatic N) is 3. The van der Waals surface area contributed by atoms with Gasteiger partial charge in [-0.3, -0.25) is 19.3 Å². The number of carbonyl (C=O) groups excluding carboxylic acids is 3. The van der Waals surface area contributed by atoms with Gasteiger partial charge in [0, 0.05) is 51.6 Å². The minimum atomic E-state index is -0.578. The van der Waals surface area contributed by atoms with Gasteiger partial charge in [0.05, 0.1) is 19.1 Å². The van der Waals surface area contributed by atoms with E-state index < -0.39 is 12.0 Å². The summed E-state index contributed by atoms with van der Waals surface area (Å²) in [4.78, 5) is 46.4. The van der Waals surface area contributed by atoms with Crippen LogP contribution in [0.5, 0.6) is 11.5 Å². The van der Waals surface area contributed by atoms with Crippen LogP contribution >= 0.6 is 0 Å². The minimum Gasteiger partial charge on any atom is -0.466 e.